The number of halogens is 1. The third-order valence-electron chi connectivity index (χ3n) is 3.34. The zero-order valence-electron chi connectivity index (χ0n) is 13.0. The van der Waals surface area contributed by atoms with Gasteiger partial charge in [-0.05, 0) is 51.5 Å². The predicted octanol–water partition coefficient (Wildman–Crippen LogP) is 5.76. The molecule has 2 aromatic rings. The fraction of sp³-hybridized carbons (Fsp3) is 0.294. The van der Waals surface area contributed by atoms with Crippen molar-refractivity contribution in [3.05, 3.63) is 62.1 Å². The molecule has 0 atom stereocenters. The summed E-state index contributed by atoms with van der Waals surface area (Å²) in [7, 11) is 0. The van der Waals surface area contributed by atoms with Gasteiger partial charge in [0, 0.05) is 12.1 Å². The first-order valence-electron chi connectivity index (χ1n) is 6.91. The molecule has 4 nitrogen and oxygen atoms in total. The smallest absolute Gasteiger partial charge is 0.271 e. The highest BCUT2D eigenvalue weighted by Crippen LogP contribution is 2.37. The molecule has 0 spiro atoms. The number of nitro groups is 1. The second-order valence-corrected chi connectivity index (χ2v) is 7.06. The van der Waals surface area contributed by atoms with Gasteiger partial charge in [0.2, 0.25) is 0 Å². The summed E-state index contributed by atoms with van der Waals surface area (Å²) in [4.78, 5) is 10.5. The number of hydrogen-bond acceptors (Lipinski definition) is 3. The van der Waals surface area contributed by atoms with Gasteiger partial charge >= 0.3 is 0 Å². The highest BCUT2D eigenvalue weighted by Gasteiger charge is 2.17. The van der Waals surface area contributed by atoms with Crippen LogP contribution in [0, 0.1) is 17.0 Å². The van der Waals surface area contributed by atoms with Gasteiger partial charge in [0.15, 0.2) is 0 Å². The van der Waals surface area contributed by atoms with E-state index < -0.39 is 4.92 Å². The van der Waals surface area contributed by atoms with Crippen molar-refractivity contribution in [1.29, 1.82) is 0 Å². The standard InChI is InChI=1S/C17H18BrNO3/c1-11-8-13(19(20)21)10-15(18)16(11)22-14-7-5-6-12(9-14)17(2,3)4/h5-10H,1-4H3. The van der Waals surface area contributed by atoms with Crippen LogP contribution in [0.5, 0.6) is 11.5 Å². The highest BCUT2D eigenvalue weighted by molar-refractivity contribution is 9.10. The molecule has 0 radical (unpaired) electrons. The van der Waals surface area contributed by atoms with Crippen molar-refractivity contribution in [3.8, 4) is 11.5 Å². The van der Waals surface area contributed by atoms with Crippen LogP contribution in [0.25, 0.3) is 0 Å². The van der Waals surface area contributed by atoms with E-state index in [1.807, 2.05) is 18.2 Å². The number of ether oxygens (including phenoxy) is 1. The lowest BCUT2D eigenvalue weighted by molar-refractivity contribution is -0.385. The molecule has 0 amide bonds. The summed E-state index contributed by atoms with van der Waals surface area (Å²) < 4.78 is 6.51. The lowest BCUT2D eigenvalue weighted by Crippen LogP contribution is -2.10. The van der Waals surface area contributed by atoms with E-state index in [0.29, 0.717) is 21.5 Å². The van der Waals surface area contributed by atoms with Crippen LogP contribution in [0.3, 0.4) is 0 Å². The first-order valence-corrected chi connectivity index (χ1v) is 7.71. The molecule has 0 saturated carbocycles. The molecule has 2 rings (SSSR count). The Balaban J connectivity index is 2.38. The number of benzene rings is 2. The maximum Gasteiger partial charge on any atom is 0.271 e. The zero-order valence-corrected chi connectivity index (χ0v) is 14.6. The Bertz CT molecular complexity index is 697. The molecule has 0 heterocycles. The number of nitrogens with zero attached hydrogens (tertiary/aromatic N) is 1. The van der Waals surface area contributed by atoms with Crippen LogP contribution in [0.15, 0.2) is 40.9 Å². The molecule has 0 unspecified atom stereocenters. The molecule has 0 aliphatic carbocycles. The number of rotatable bonds is 3. The number of non-ortho nitro benzene ring substituents is 1. The minimum Gasteiger partial charge on any atom is -0.456 e. The third-order valence-corrected chi connectivity index (χ3v) is 3.93. The van der Waals surface area contributed by atoms with Crippen LogP contribution < -0.4 is 4.74 Å². The molecule has 116 valence electrons. The average molecular weight is 364 g/mol. The van der Waals surface area contributed by atoms with Crippen LogP contribution in [-0.4, -0.2) is 4.92 Å². The van der Waals surface area contributed by atoms with Crippen molar-refractivity contribution >= 4 is 21.6 Å². The van der Waals surface area contributed by atoms with Gasteiger partial charge in [-0.2, -0.15) is 0 Å². The quantitative estimate of drug-likeness (QED) is 0.514. The molecule has 0 fully saturated rings. The minimum absolute atomic E-state index is 0.0289. The van der Waals surface area contributed by atoms with Gasteiger partial charge in [-0.3, -0.25) is 10.1 Å². The van der Waals surface area contributed by atoms with Crippen molar-refractivity contribution in [1.82, 2.24) is 0 Å². The van der Waals surface area contributed by atoms with Crippen LogP contribution in [0.4, 0.5) is 5.69 Å². The summed E-state index contributed by atoms with van der Waals surface area (Å²) in [5.74, 6) is 1.31. The lowest BCUT2D eigenvalue weighted by atomic mass is 9.87. The topological polar surface area (TPSA) is 52.4 Å². The summed E-state index contributed by atoms with van der Waals surface area (Å²) >= 11 is 3.35. The van der Waals surface area contributed by atoms with Crippen molar-refractivity contribution in [2.45, 2.75) is 33.1 Å². The molecular formula is C17H18BrNO3. The van der Waals surface area contributed by atoms with Gasteiger partial charge < -0.3 is 4.74 Å². The summed E-state index contributed by atoms with van der Waals surface area (Å²) in [6.07, 6.45) is 0. The van der Waals surface area contributed by atoms with E-state index in [4.69, 9.17) is 4.74 Å². The van der Waals surface area contributed by atoms with E-state index in [1.165, 1.54) is 17.7 Å². The normalized spacial score (nSPS) is 11.3. The Morgan fingerprint density at radius 3 is 2.41 bits per heavy atom. The molecule has 0 aliphatic rings. The van der Waals surface area contributed by atoms with E-state index >= 15 is 0 Å². The predicted molar refractivity (Wildman–Crippen MR) is 90.7 cm³/mol. The maximum atomic E-state index is 10.9. The van der Waals surface area contributed by atoms with Crippen LogP contribution in [0.1, 0.15) is 31.9 Å². The van der Waals surface area contributed by atoms with Crippen molar-refractivity contribution in [2.75, 3.05) is 0 Å². The largest absolute Gasteiger partial charge is 0.456 e. The second kappa shape index (κ2) is 6.08. The number of hydrogen-bond donors (Lipinski definition) is 0. The Morgan fingerprint density at radius 2 is 1.86 bits per heavy atom. The Hall–Kier alpha value is -1.88. The van der Waals surface area contributed by atoms with Crippen molar-refractivity contribution in [3.63, 3.8) is 0 Å². The molecular weight excluding hydrogens is 346 g/mol. The van der Waals surface area contributed by atoms with E-state index in [-0.39, 0.29) is 11.1 Å². The van der Waals surface area contributed by atoms with Crippen LogP contribution >= 0.6 is 15.9 Å². The average Bonchev–Trinajstić information content (AvgIpc) is 2.42. The first kappa shape index (κ1) is 16.5. The fourth-order valence-electron chi connectivity index (χ4n) is 2.09. The molecule has 0 saturated heterocycles. The van der Waals surface area contributed by atoms with Crippen LogP contribution in [0.2, 0.25) is 0 Å². The van der Waals surface area contributed by atoms with Gasteiger partial charge in [-0.25, -0.2) is 0 Å². The van der Waals surface area contributed by atoms with Crippen molar-refractivity contribution < 1.29 is 9.66 Å². The molecule has 5 heteroatoms. The highest BCUT2D eigenvalue weighted by atomic mass is 79.9. The number of aryl methyl sites for hydroxylation is 1. The molecule has 0 aromatic heterocycles. The van der Waals surface area contributed by atoms with Crippen molar-refractivity contribution in [2.24, 2.45) is 0 Å². The molecule has 0 bridgehead atoms. The maximum absolute atomic E-state index is 10.9. The Morgan fingerprint density at radius 1 is 1.18 bits per heavy atom. The molecule has 2 aromatic carbocycles. The van der Waals surface area contributed by atoms with Gasteiger partial charge in [-0.15, -0.1) is 0 Å². The zero-order chi connectivity index (χ0) is 16.5. The third kappa shape index (κ3) is 3.65. The minimum atomic E-state index is -0.415. The monoisotopic (exact) mass is 363 g/mol. The summed E-state index contributed by atoms with van der Waals surface area (Å²) in [5, 5.41) is 10.9. The Labute approximate surface area is 138 Å². The van der Waals surface area contributed by atoms with E-state index in [0.717, 1.165) is 0 Å². The Kier molecular flexibility index (Phi) is 4.56. The van der Waals surface area contributed by atoms with Gasteiger partial charge in [0.05, 0.1) is 9.40 Å². The lowest BCUT2D eigenvalue weighted by Gasteiger charge is -2.20. The summed E-state index contributed by atoms with van der Waals surface area (Å²) in [5.41, 5.74) is 1.95. The SMILES string of the molecule is Cc1cc([N+](=O)[O-])cc(Br)c1Oc1cccc(C(C)(C)C)c1. The van der Waals surface area contributed by atoms with E-state index in [1.54, 1.807) is 6.92 Å². The van der Waals surface area contributed by atoms with Gasteiger partial charge in [0.1, 0.15) is 11.5 Å². The van der Waals surface area contributed by atoms with Crippen LogP contribution in [-0.2, 0) is 5.41 Å². The van der Waals surface area contributed by atoms with Gasteiger partial charge in [-0.1, -0.05) is 32.9 Å². The molecule has 0 N–H and O–H groups in total. The molecule has 22 heavy (non-hydrogen) atoms. The fourth-order valence-corrected chi connectivity index (χ4v) is 2.72. The van der Waals surface area contributed by atoms with E-state index in [9.17, 15) is 10.1 Å². The summed E-state index contributed by atoms with van der Waals surface area (Å²) in [6, 6.07) is 10.8. The van der Waals surface area contributed by atoms with Gasteiger partial charge in [0.25, 0.3) is 5.69 Å². The van der Waals surface area contributed by atoms with E-state index in [2.05, 4.69) is 42.8 Å². The second-order valence-electron chi connectivity index (χ2n) is 6.21. The summed E-state index contributed by atoms with van der Waals surface area (Å²) in [6.45, 7) is 8.21. The first-order chi connectivity index (χ1) is 10.2. The number of nitro benzene ring substituents is 1. The molecule has 0 aliphatic heterocycles.